The molecule has 2 atom stereocenters. The van der Waals surface area contributed by atoms with Crippen molar-refractivity contribution in [1.82, 2.24) is 4.90 Å². The summed E-state index contributed by atoms with van der Waals surface area (Å²) in [6.07, 6.45) is 13.0. The van der Waals surface area contributed by atoms with Crippen LogP contribution < -0.4 is 9.47 Å². The van der Waals surface area contributed by atoms with Gasteiger partial charge < -0.3 is 19.2 Å². The van der Waals surface area contributed by atoms with E-state index in [1.165, 1.54) is 56.2 Å². The Morgan fingerprint density at radius 2 is 1.67 bits per heavy atom. The summed E-state index contributed by atoms with van der Waals surface area (Å²) in [5.41, 5.74) is 3.23. The van der Waals surface area contributed by atoms with E-state index in [1.54, 1.807) is 14.2 Å². The van der Waals surface area contributed by atoms with Gasteiger partial charge in [0.05, 0.1) is 19.9 Å². The quantitative estimate of drug-likeness (QED) is 0.541. The van der Waals surface area contributed by atoms with Crippen LogP contribution in [0, 0.1) is 23.2 Å². The van der Waals surface area contributed by atoms with Gasteiger partial charge in [-0.1, -0.05) is 11.2 Å². The molecule has 0 radical (unpaired) electrons. The van der Waals surface area contributed by atoms with Crippen LogP contribution in [-0.2, 0) is 10.3 Å². The number of hydrogen-bond donors (Lipinski definition) is 0. The van der Waals surface area contributed by atoms with Crippen LogP contribution in [0.15, 0.2) is 23.4 Å². The number of oxime groups is 1. The number of fused-ring (bicyclic) bond motifs is 1. The van der Waals surface area contributed by atoms with Crippen LogP contribution >= 0.6 is 0 Å². The van der Waals surface area contributed by atoms with Crippen LogP contribution in [0.2, 0.25) is 0 Å². The van der Waals surface area contributed by atoms with E-state index >= 15 is 0 Å². The lowest BCUT2D eigenvalue weighted by Crippen LogP contribution is -2.48. The van der Waals surface area contributed by atoms with Crippen LogP contribution in [-0.4, -0.2) is 51.1 Å². The molecule has 0 spiro atoms. The van der Waals surface area contributed by atoms with Crippen molar-refractivity contribution in [1.29, 1.82) is 0 Å². The molecule has 1 aromatic carbocycles. The molecule has 180 valence electrons. The SMILES string of the molecule is COc1ccc([C@@]23CC/C(=N\OCC45CC6CC(CC(C6)C4)C5)C[C@@H]2N(C)CC3)cc1OC. The lowest BCUT2D eigenvalue weighted by molar-refractivity contribution is -0.0961. The maximum atomic E-state index is 6.18. The minimum absolute atomic E-state index is 0.160. The molecular formula is C28H40N2O3. The van der Waals surface area contributed by atoms with Gasteiger partial charge in [-0.3, -0.25) is 0 Å². The number of nitrogens with zero attached hydrogens (tertiary/aromatic N) is 2. The first kappa shape index (κ1) is 21.8. The van der Waals surface area contributed by atoms with E-state index in [4.69, 9.17) is 19.5 Å². The Kier molecular flexibility index (Phi) is 5.39. The van der Waals surface area contributed by atoms with Gasteiger partial charge in [-0.05, 0) is 107 Å². The Bertz CT molecular complexity index is 892. The highest BCUT2D eigenvalue weighted by molar-refractivity contribution is 5.86. The normalized spacial score (nSPS) is 40.8. The Hall–Kier alpha value is -1.75. The molecular weight excluding hydrogens is 412 g/mol. The van der Waals surface area contributed by atoms with Gasteiger partial charge in [0.25, 0.3) is 0 Å². The van der Waals surface area contributed by atoms with Crippen LogP contribution in [0.3, 0.4) is 0 Å². The van der Waals surface area contributed by atoms with Crippen molar-refractivity contribution in [2.24, 2.45) is 28.3 Å². The zero-order chi connectivity index (χ0) is 22.6. The second-order valence-electron chi connectivity index (χ2n) is 12.0. The van der Waals surface area contributed by atoms with E-state index in [-0.39, 0.29) is 5.41 Å². The Morgan fingerprint density at radius 3 is 2.33 bits per heavy atom. The third kappa shape index (κ3) is 3.66. The van der Waals surface area contributed by atoms with Gasteiger partial charge in [0.15, 0.2) is 11.5 Å². The predicted octanol–water partition coefficient (Wildman–Crippen LogP) is 5.42. The van der Waals surface area contributed by atoms with Gasteiger partial charge in [0.2, 0.25) is 0 Å². The number of hydrogen-bond acceptors (Lipinski definition) is 5. The molecule has 7 rings (SSSR count). The number of likely N-dealkylation sites (tertiary alicyclic amines) is 1. The van der Waals surface area contributed by atoms with E-state index in [2.05, 4.69) is 30.1 Å². The van der Waals surface area contributed by atoms with Gasteiger partial charge in [-0.25, -0.2) is 0 Å². The first-order valence-electron chi connectivity index (χ1n) is 13.1. The van der Waals surface area contributed by atoms with Gasteiger partial charge in [-0.15, -0.1) is 0 Å². The minimum Gasteiger partial charge on any atom is -0.493 e. The lowest BCUT2D eigenvalue weighted by atomic mass is 9.50. The molecule has 0 N–H and O–H groups in total. The van der Waals surface area contributed by atoms with E-state index in [9.17, 15) is 0 Å². The summed E-state index contributed by atoms with van der Waals surface area (Å²) in [5, 5.41) is 4.79. The topological polar surface area (TPSA) is 43.3 Å². The molecule has 5 aliphatic carbocycles. The molecule has 1 aliphatic heterocycles. The smallest absolute Gasteiger partial charge is 0.161 e. The van der Waals surface area contributed by atoms with Crippen LogP contribution in [0.25, 0.3) is 0 Å². The maximum absolute atomic E-state index is 6.18. The molecule has 5 saturated carbocycles. The Labute approximate surface area is 198 Å². The number of likely N-dealkylation sites (N-methyl/N-ethyl adjacent to an activating group) is 1. The average Bonchev–Trinajstić information content (AvgIpc) is 3.14. The van der Waals surface area contributed by atoms with E-state index < -0.39 is 0 Å². The van der Waals surface area contributed by atoms with E-state index in [1.807, 2.05) is 0 Å². The summed E-state index contributed by atoms with van der Waals surface area (Å²) in [5.74, 6) is 4.54. The Morgan fingerprint density at radius 1 is 0.970 bits per heavy atom. The van der Waals surface area contributed by atoms with E-state index in [0.29, 0.717) is 11.5 Å². The molecule has 1 heterocycles. The number of benzene rings is 1. The molecule has 6 fully saturated rings. The summed E-state index contributed by atoms with van der Waals surface area (Å²) in [6.45, 7) is 1.97. The first-order valence-corrected chi connectivity index (χ1v) is 13.1. The summed E-state index contributed by atoms with van der Waals surface area (Å²) in [7, 11) is 5.70. The van der Waals surface area contributed by atoms with Gasteiger partial charge >= 0.3 is 0 Å². The highest BCUT2D eigenvalue weighted by atomic mass is 16.6. The average molecular weight is 453 g/mol. The van der Waals surface area contributed by atoms with Crippen molar-refractivity contribution >= 4 is 5.71 Å². The standard InChI is InChI=1S/C28H40N2O3/c1-30-9-8-28(22-4-5-24(31-2)25(13-22)32-3)7-6-23(14-26(28)30)29-33-18-27-15-19-10-20(16-27)12-21(11-19)17-27/h4-5,13,19-21,26H,6-12,14-18H2,1-3H3/b29-23+/t19?,20?,21?,26-,27?,28-/m0/s1. The molecule has 0 unspecified atom stereocenters. The van der Waals surface area contributed by atoms with Crippen LogP contribution in [0.1, 0.15) is 69.8 Å². The van der Waals surface area contributed by atoms with Gasteiger partial charge in [-0.2, -0.15) is 0 Å². The third-order valence-corrected chi connectivity index (χ3v) is 10.1. The second kappa shape index (κ2) is 8.18. The zero-order valence-corrected chi connectivity index (χ0v) is 20.6. The number of ether oxygens (including phenoxy) is 2. The third-order valence-electron chi connectivity index (χ3n) is 10.1. The maximum Gasteiger partial charge on any atom is 0.161 e. The predicted molar refractivity (Wildman–Crippen MR) is 130 cm³/mol. The number of methoxy groups -OCH3 is 2. The van der Waals surface area contributed by atoms with Crippen LogP contribution in [0.4, 0.5) is 0 Å². The molecule has 1 aromatic rings. The van der Waals surface area contributed by atoms with Crippen molar-refractivity contribution in [2.45, 2.75) is 75.7 Å². The fraction of sp³-hybridized carbons (Fsp3) is 0.750. The Balaban J connectivity index is 1.16. The highest BCUT2D eigenvalue weighted by Crippen LogP contribution is 2.60. The lowest BCUT2D eigenvalue weighted by Gasteiger charge is -2.56. The largest absolute Gasteiger partial charge is 0.493 e. The van der Waals surface area contributed by atoms with Crippen molar-refractivity contribution in [3.8, 4) is 11.5 Å². The highest BCUT2D eigenvalue weighted by Gasteiger charge is 2.52. The van der Waals surface area contributed by atoms with Crippen molar-refractivity contribution < 1.29 is 14.3 Å². The summed E-state index contributed by atoms with van der Waals surface area (Å²) in [4.78, 5) is 8.71. The molecule has 1 saturated heterocycles. The fourth-order valence-electron chi connectivity index (χ4n) is 8.89. The second-order valence-corrected chi connectivity index (χ2v) is 12.0. The molecule has 4 bridgehead atoms. The molecule has 33 heavy (non-hydrogen) atoms. The fourth-order valence-corrected chi connectivity index (χ4v) is 8.89. The van der Waals surface area contributed by atoms with Crippen molar-refractivity contribution in [3.63, 3.8) is 0 Å². The molecule has 0 aromatic heterocycles. The first-order chi connectivity index (χ1) is 16.0. The van der Waals surface area contributed by atoms with E-state index in [0.717, 1.165) is 61.7 Å². The van der Waals surface area contributed by atoms with Crippen molar-refractivity contribution in [3.05, 3.63) is 23.8 Å². The molecule has 5 nitrogen and oxygen atoms in total. The van der Waals surface area contributed by atoms with Gasteiger partial charge in [0.1, 0.15) is 6.61 Å². The molecule has 5 heteroatoms. The van der Waals surface area contributed by atoms with Crippen LogP contribution in [0.5, 0.6) is 11.5 Å². The van der Waals surface area contributed by atoms with Gasteiger partial charge in [0, 0.05) is 23.3 Å². The zero-order valence-electron chi connectivity index (χ0n) is 20.6. The molecule has 6 aliphatic rings. The monoisotopic (exact) mass is 452 g/mol. The summed E-state index contributed by atoms with van der Waals surface area (Å²) >= 11 is 0. The summed E-state index contributed by atoms with van der Waals surface area (Å²) in [6, 6.07) is 6.98. The summed E-state index contributed by atoms with van der Waals surface area (Å²) < 4.78 is 11.1. The number of rotatable bonds is 6. The van der Waals surface area contributed by atoms with Crippen molar-refractivity contribution in [2.75, 3.05) is 34.4 Å². The molecule has 0 amide bonds. The minimum atomic E-state index is 0.160.